The van der Waals surface area contributed by atoms with Crippen LogP contribution in [0.25, 0.3) is 0 Å². The zero-order valence-corrected chi connectivity index (χ0v) is 14.1. The van der Waals surface area contributed by atoms with E-state index in [-0.39, 0.29) is 23.5 Å². The third-order valence-electron chi connectivity index (χ3n) is 4.11. The van der Waals surface area contributed by atoms with Crippen LogP contribution in [0.3, 0.4) is 0 Å². The monoisotopic (exact) mass is 296 g/mol. The average Bonchev–Trinajstić information content (AvgIpc) is 2.26. The van der Waals surface area contributed by atoms with E-state index in [2.05, 4.69) is 0 Å². The maximum atomic E-state index is 12.4. The van der Waals surface area contributed by atoms with Crippen molar-refractivity contribution in [1.82, 2.24) is 9.80 Å². The van der Waals surface area contributed by atoms with E-state index < -0.39 is 5.60 Å². The summed E-state index contributed by atoms with van der Waals surface area (Å²) in [4.78, 5) is 28.2. The highest BCUT2D eigenvalue weighted by molar-refractivity contribution is 5.83. The predicted octanol–water partition coefficient (Wildman–Crippen LogP) is 2.50. The molecule has 0 N–H and O–H groups in total. The molecule has 0 bridgehead atoms. The Bertz CT molecular complexity index is 434. The van der Waals surface area contributed by atoms with Crippen LogP contribution in [-0.2, 0) is 9.53 Å². The zero-order valence-electron chi connectivity index (χ0n) is 14.1. The lowest BCUT2D eigenvalue weighted by Crippen LogP contribution is -2.67. The summed E-state index contributed by atoms with van der Waals surface area (Å²) in [6.07, 6.45) is 0.689. The number of fused-ring (bicyclic) bond motifs is 1. The summed E-state index contributed by atoms with van der Waals surface area (Å²) in [5.74, 6) is 0.713. The fraction of sp³-hybridized carbons (Fsp3) is 0.875. The summed E-state index contributed by atoms with van der Waals surface area (Å²) < 4.78 is 5.43. The lowest BCUT2D eigenvalue weighted by molar-refractivity contribution is -0.156. The fourth-order valence-corrected chi connectivity index (χ4v) is 2.95. The molecule has 21 heavy (non-hydrogen) atoms. The summed E-state index contributed by atoms with van der Waals surface area (Å²) in [6.45, 7) is 13.6. The highest BCUT2D eigenvalue weighted by Gasteiger charge is 2.48. The molecule has 2 atom stereocenters. The Kier molecular flexibility index (Phi) is 3.98. The summed E-state index contributed by atoms with van der Waals surface area (Å²) in [7, 11) is 0. The van der Waals surface area contributed by atoms with Gasteiger partial charge in [-0.1, -0.05) is 20.8 Å². The number of amides is 2. The standard InChI is InChI=1S/C16H28N2O3/c1-15(2,3)13(19)18-9-11-7-8-17(10-12(11)18)14(20)21-16(4,5)6/h11-12H,7-10H2,1-6H3. The Balaban J connectivity index is 1.97. The van der Waals surface area contributed by atoms with Crippen molar-refractivity contribution >= 4 is 12.0 Å². The van der Waals surface area contributed by atoms with Crippen LogP contribution in [0.1, 0.15) is 48.0 Å². The second kappa shape index (κ2) is 5.18. The van der Waals surface area contributed by atoms with Crippen molar-refractivity contribution in [1.29, 1.82) is 0 Å². The first kappa shape index (κ1) is 16.1. The van der Waals surface area contributed by atoms with Crippen LogP contribution in [0.5, 0.6) is 0 Å². The van der Waals surface area contributed by atoms with Gasteiger partial charge in [0.1, 0.15) is 5.60 Å². The second-order valence-electron chi connectivity index (χ2n) is 8.25. The molecule has 2 saturated heterocycles. The van der Waals surface area contributed by atoms with Gasteiger partial charge in [-0.05, 0) is 27.2 Å². The van der Waals surface area contributed by atoms with Crippen molar-refractivity contribution in [2.45, 2.75) is 59.6 Å². The average molecular weight is 296 g/mol. The summed E-state index contributed by atoms with van der Waals surface area (Å²) >= 11 is 0. The van der Waals surface area contributed by atoms with E-state index in [0.29, 0.717) is 12.5 Å². The number of hydrogen-bond acceptors (Lipinski definition) is 3. The number of rotatable bonds is 0. The number of carbonyl (C=O) groups excluding carboxylic acids is 2. The molecule has 0 spiro atoms. The predicted molar refractivity (Wildman–Crippen MR) is 80.9 cm³/mol. The molecule has 120 valence electrons. The molecule has 2 rings (SSSR count). The van der Waals surface area contributed by atoms with Gasteiger partial charge in [0.15, 0.2) is 0 Å². The molecule has 0 radical (unpaired) electrons. The lowest BCUT2D eigenvalue weighted by Gasteiger charge is -2.54. The van der Waals surface area contributed by atoms with Gasteiger partial charge < -0.3 is 14.5 Å². The Morgan fingerprint density at radius 1 is 1.05 bits per heavy atom. The molecule has 2 heterocycles. The van der Waals surface area contributed by atoms with Crippen molar-refractivity contribution < 1.29 is 14.3 Å². The van der Waals surface area contributed by atoms with Gasteiger partial charge in [0, 0.05) is 31.0 Å². The van der Waals surface area contributed by atoms with Crippen LogP contribution in [0.15, 0.2) is 0 Å². The smallest absolute Gasteiger partial charge is 0.410 e. The van der Waals surface area contributed by atoms with Crippen molar-refractivity contribution in [3.05, 3.63) is 0 Å². The normalized spacial score (nSPS) is 26.0. The third kappa shape index (κ3) is 3.50. The highest BCUT2D eigenvalue weighted by Crippen LogP contribution is 2.36. The summed E-state index contributed by atoms with van der Waals surface area (Å²) in [5.41, 5.74) is -0.840. The molecular weight excluding hydrogens is 268 g/mol. The molecule has 2 fully saturated rings. The third-order valence-corrected chi connectivity index (χ3v) is 4.11. The van der Waals surface area contributed by atoms with Crippen molar-refractivity contribution in [3.63, 3.8) is 0 Å². The minimum absolute atomic E-state index is 0.165. The molecule has 0 aromatic carbocycles. The van der Waals surface area contributed by atoms with Gasteiger partial charge in [-0.25, -0.2) is 4.79 Å². The van der Waals surface area contributed by atoms with Gasteiger partial charge >= 0.3 is 6.09 Å². The van der Waals surface area contributed by atoms with Crippen LogP contribution in [0, 0.1) is 11.3 Å². The summed E-state index contributed by atoms with van der Waals surface area (Å²) in [6, 6.07) is 0.165. The molecule has 2 amide bonds. The Morgan fingerprint density at radius 2 is 1.67 bits per heavy atom. The summed E-state index contributed by atoms with van der Waals surface area (Å²) in [5, 5.41) is 0. The molecule has 5 heteroatoms. The van der Waals surface area contributed by atoms with Crippen LogP contribution >= 0.6 is 0 Å². The number of nitrogens with zero attached hydrogens (tertiary/aromatic N) is 2. The largest absolute Gasteiger partial charge is 0.444 e. The topological polar surface area (TPSA) is 49.9 Å². The number of carbonyl (C=O) groups is 2. The number of hydrogen-bond donors (Lipinski definition) is 0. The maximum absolute atomic E-state index is 12.4. The molecule has 2 aliphatic rings. The van der Waals surface area contributed by atoms with E-state index in [1.54, 1.807) is 4.90 Å². The van der Waals surface area contributed by atoms with Crippen molar-refractivity contribution in [3.8, 4) is 0 Å². The van der Waals surface area contributed by atoms with Gasteiger partial charge in [-0.15, -0.1) is 0 Å². The molecule has 0 aliphatic carbocycles. The maximum Gasteiger partial charge on any atom is 0.410 e. The molecule has 2 unspecified atom stereocenters. The first-order valence-electron chi connectivity index (χ1n) is 7.78. The van der Waals surface area contributed by atoms with Gasteiger partial charge in [-0.3, -0.25) is 4.79 Å². The Labute approximate surface area is 127 Å². The number of ether oxygens (including phenoxy) is 1. The fourth-order valence-electron chi connectivity index (χ4n) is 2.95. The van der Waals surface area contributed by atoms with E-state index in [4.69, 9.17) is 4.74 Å². The van der Waals surface area contributed by atoms with Crippen molar-refractivity contribution in [2.75, 3.05) is 19.6 Å². The zero-order chi connectivity index (χ0) is 16.0. The van der Waals surface area contributed by atoms with E-state index in [0.717, 1.165) is 19.5 Å². The molecule has 2 aliphatic heterocycles. The van der Waals surface area contributed by atoms with Gasteiger partial charge in [-0.2, -0.15) is 0 Å². The minimum atomic E-state index is -0.478. The van der Waals surface area contributed by atoms with E-state index in [1.807, 2.05) is 46.4 Å². The van der Waals surface area contributed by atoms with Crippen LogP contribution in [0.2, 0.25) is 0 Å². The van der Waals surface area contributed by atoms with Gasteiger partial charge in [0.05, 0.1) is 6.04 Å². The Hall–Kier alpha value is -1.26. The van der Waals surface area contributed by atoms with E-state index in [9.17, 15) is 9.59 Å². The Morgan fingerprint density at radius 3 is 2.19 bits per heavy atom. The van der Waals surface area contributed by atoms with E-state index >= 15 is 0 Å². The second-order valence-corrected chi connectivity index (χ2v) is 8.25. The quantitative estimate of drug-likeness (QED) is 0.690. The molecule has 0 saturated carbocycles. The SMILES string of the molecule is CC(C)(C)OC(=O)N1CCC2CN(C(=O)C(C)(C)C)C2C1. The minimum Gasteiger partial charge on any atom is -0.444 e. The highest BCUT2D eigenvalue weighted by atomic mass is 16.6. The van der Waals surface area contributed by atoms with Gasteiger partial charge in [0.2, 0.25) is 5.91 Å². The molecule has 0 aromatic heterocycles. The first-order chi connectivity index (χ1) is 9.49. The van der Waals surface area contributed by atoms with Gasteiger partial charge in [0.25, 0.3) is 0 Å². The molecule has 0 aromatic rings. The van der Waals surface area contributed by atoms with E-state index in [1.165, 1.54) is 0 Å². The first-order valence-corrected chi connectivity index (χ1v) is 7.78. The van der Waals surface area contributed by atoms with Crippen LogP contribution in [-0.4, -0.2) is 53.1 Å². The molecule has 5 nitrogen and oxygen atoms in total. The van der Waals surface area contributed by atoms with Crippen molar-refractivity contribution in [2.24, 2.45) is 11.3 Å². The van der Waals surface area contributed by atoms with Crippen LogP contribution < -0.4 is 0 Å². The molecular formula is C16H28N2O3. The van der Waals surface area contributed by atoms with Crippen LogP contribution in [0.4, 0.5) is 4.79 Å². The lowest BCUT2D eigenvalue weighted by atomic mass is 9.80. The number of likely N-dealkylation sites (tertiary alicyclic amines) is 2. The number of piperidine rings is 1.